The van der Waals surface area contributed by atoms with Gasteiger partial charge in [-0.05, 0) is 0 Å². The fourth-order valence-corrected chi connectivity index (χ4v) is 1.58. The average Bonchev–Trinajstić information content (AvgIpc) is 2.32. The molecule has 0 radical (unpaired) electrons. The van der Waals surface area contributed by atoms with Crippen LogP contribution in [0.3, 0.4) is 0 Å². The van der Waals surface area contributed by atoms with Crippen LogP contribution in [0.4, 0.5) is 4.79 Å². The van der Waals surface area contributed by atoms with Crippen LogP contribution >= 0.6 is 0 Å². The minimum absolute atomic E-state index is 0.269. The number of carboxylic acids is 1. The van der Waals surface area contributed by atoms with Crippen LogP contribution in [-0.4, -0.2) is 33.3 Å². The van der Waals surface area contributed by atoms with E-state index >= 15 is 0 Å². The summed E-state index contributed by atoms with van der Waals surface area (Å²) >= 11 is 2.29. The zero-order chi connectivity index (χ0) is 8.43. The van der Waals surface area contributed by atoms with Gasteiger partial charge in [0.05, 0.1) is 0 Å². The molecule has 1 N–H and O–H groups in total. The second-order valence-corrected chi connectivity index (χ2v) is 3.00. The molecule has 61 valence electrons. The van der Waals surface area contributed by atoms with E-state index in [1.807, 2.05) is 0 Å². The van der Waals surface area contributed by atoms with Crippen LogP contribution in [0, 0.1) is 0 Å². The number of rotatable bonds is 1. The van der Waals surface area contributed by atoms with Gasteiger partial charge in [-0.2, -0.15) is 0 Å². The maximum atomic E-state index is 10.8. The Labute approximate surface area is 72.6 Å². The molecule has 0 saturated carbocycles. The fraction of sp³-hybridized carbons (Fsp3) is 0.667. The molecule has 0 aliphatic carbocycles. The molecular formula is C6H8CrNO3. The first-order valence-electron chi connectivity index (χ1n) is 3.33. The first kappa shape index (κ1) is 8.57. The molecule has 1 amide bonds. The van der Waals surface area contributed by atoms with Gasteiger partial charge in [0.15, 0.2) is 0 Å². The quantitative estimate of drug-likeness (QED) is 0.648. The van der Waals surface area contributed by atoms with Crippen LogP contribution in [0.5, 0.6) is 0 Å². The van der Waals surface area contributed by atoms with Crippen molar-refractivity contribution in [2.45, 2.75) is 18.9 Å². The summed E-state index contributed by atoms with van der Waals surface area (Å²) in [5.41, 5.74) is 0. The Hall–Kier alpha value is -0.528. The Balaban J connectivity index is 2.65. The van der Waals surface area contributed by atoms with Gasteiger partial charge in [-0.15, -0.1) is 0 Å². The molecule has 1 atom stereocenters. The third-order valence-electron chi connectivity index (χ3n) is 1.77. The van der Waals surface area contributed by atoms with Crippen LogP contribution in [0.2, 0.25) is 0 Å². The number of carbonyl (C=O) groups excluding carboxylic acids is 1. The Bertz CT molecular complexity index is 174. The van der Waals surface area contributed by atoms with Crippen molar-refractivity contribution in [3.8, 4) is 0 Å². The second-order valence-electron chi connectivity index (χ2n) is 2.46. The normalized spacial score (nSPS) is 23.6. The van der Waals surface area contributed by atoms with E-state index in [2.05, 4.69) is 16.3 Å². The predicted octanol–water partition coefficient (Wildman–Crippen LogP) is 0.202. The number of aliphatic carboxylic acids is 1. The van der Waals surface area contributed by atoms with Crippen molar-refractivity contribution in [3.05, 3.63) is 0 Å². The standard InChI is InChI=1S/C6H8NO3.Cr/c8-4-7-3-1-2-5(7)6(9)10;/h5H,1-3H2,(H,9,10);. The number of carbonyl (C=O) groups is 2. The SMILES string of the molecule is O=C(O)C1CCCN1[C](=O)[Cr]. The van der Waals surface area contributed by atoms with Crippen molar-refractivity contribution in [1.82, 2.24) is 4.90 Å². The molecule has 1 heterocycles. The summed E-state index contributed by atoms with van der Waals surface area (Å²) in [6.45, 7) is 0.558. The number of hydrogen-bond donors (Lipinski definition) is 1. The van der Waals surface area contributed by atoms with E-state index < -0.39 is 12.0 Å². The van der Waals surface area contributed by atoms with Crippen molar-refractivity contribution in [2.75, 3.05) is 6.54 Å². The number of amides is 1. The third kappa shape index (κ3) is 1.73. The molecule has 0 aromatic carbocycles. The van der Waals surface area contributed by atoms with Gasteiger partial charge >= 0.3 is 72.1 Å². The van der Waals surface area contributed by atoms with E-state index in [0.29, 0.717) is 13.0 Å². The fourth-order valence-electron chi connectivity index (χ4n) is 1.24. The Morgan fingerprint density at radius 3 is 2.55 bits per heavy atom. The first-order chi connectivity index (χ1) is 5.13. The van der Waals surface area contributed by atoms with Crippen LogP contribution < -0.4 is 0 Å². The third-order valence-corrected chi connectivity index (χ3v) is 2.14. The van der Waals surface area contributed by atoms with E-state index in [9.17, 15) is 9.59 Å². The summed E-state index contributed by atoms with van der Waals surface area (Å²) in [4.78, 5) is 22.6. The summed E-state index contributed by atoms with van der Waals surface area (Å²) < 4.78 is -0.269. The Kier molecular flexibility index (Phi) is 2.53. The van der Waals surface area contributed by atoms with Gasteiger partial charge in [0.2, 0.25) is 0 Å². The molecular weight excluding hydrogens is 186 g/mol. The van der Waals surface area contributed by atoms with Gasteiger partial charge < -0.3 is 0 Å². The Morgan fingerprint density at radius 1 is 1.55 bits per heavy atom. The molecule has 1 aliphatic rings. The van der Waals surface area contributed by atoms with Crippen molar-refractivity contribution < 1.29 is 31.0 Å². The summed E-state index contributed by atoms with van der Waals surface area (Å²) in [6.07, 6.45) is 1.35. The molecule has 1 aliphatic heterocycles. The van der Waals surface area contributed by atoms with Crippen molar-refractivity contribution in [2.24, 2.45) is 0 Å². The molecule has 0 bridgehead atoms. The van der Waals surface area contributed by atoms with Gasteiger partial charge in [0.25, 0.3) is 0 Å². The molecule has 5 heteroatoms. The number of nitrogens with zero attached hydrogens (tertiary/aromatic N) is 1. The Morgan fingerprint density at radius 2 is 2.18 bits per heavy atom. The number of likely N-dealkylation sites (tertiary alicyclic amines) is 1. The number of hydrogen-bond acceptors (Lipinski definition) is 2. The second kappa shape index (κ2) is 3.25. The first-order valence-corrected chi connectivity index (χ1v) is 3.97. The van der Waals surface area contributed by atoms with Gasteiger partial charge in [-0.25, -0.2) is 0 Å². The van der Waals surface area contributed by atoms with Gasteiger partial charge in [0.1, 0.15) is 0 Å². The zero-order valence-corrected chi connectivity index (χ0v) is 7.09. The van der Waals surface area contributed by atoms with Crippen molar-refractivity contribution in [3.63, 3.8) is 0 Å². The van der Waals surface area contributed by atoms with Gasteiger partial charge in [-0.1, -0.05) is 0 Å². The molecule has 4 nitrogen and oxygen atoms in total. The maximum absolute atomic E-state index is 10.8. The van der Waals surface area contributed by atoms with Crippen LogP contribution in [-0.2, 0) is 21.1 Å². The summed E-state index contributed by atoms with van der Waals surface area (Å²) in [5, 5.41) is 8.62. The minimum atomic E-state index is -0.911. The van der Waals surface area contributed by atoms with Crippen molar-refractivity contribution in [1.29, 1.82) is 0 Å². The van der Waals surface area contributed by atoms with Gasteiger partial charge in [0, 0.05) is 0 Å². The van der Waals surface area contributed by atoms with E-state index in [0.717, 1.165) is 6.42 Å². The molecule has 0 aromatic rings. The molecule has 11 heavy (non-hydrogen) atoms. The van der Waals surface area contributed by atoms with E-state index in [1.54, 1.807) is 0 Å². The van der Waals surface area contributed by atoms with Crippen LogP contribution in [0.25, 0.3) is 0 Å². The zero-order valence-electron chi connectivity index (χ0n) is 5.82. The average molecular weight is 194 g/mol. The van der Waals surface area contributed by atoms with Crippen LogP contribution in [0.15, 0.2) is 0 Å². The molecule has 1 unspecified atom stereocenters. The molecule has 0 aromatic heterocycles. The molecule has 1 saturated heterocycles. The van der Waals surface area contributed by atoms with Crippen LogP contribution in [0.1, 0.15) is 12.8 Å². The van der Waals surface area contributed by atoms with E-state index in [1.165, 1.54) is 4.90 Å². The van der Waals surface area contributed by atoms with Crippen molar-refractivity contribution >= 4 is 10.7 Å². The molecule has 1 rings (SSSR count). The van der Waals surface area contributed by atoms with E-state index in [4.69, 9.17) is 5.11 Å². The van der Waals surface area contributed by atoms with E-state index in [-0.39, 0.29) is 4.77 Å². The topological polar surface area (TPSA) is 57.6 Å². The molecule has 1 fully saturated rings. The number of carboxylic acid groups (broad SMARTS) is 1. The monoisotopic (exact) mass is 194 g/mol. The summed E-state index contributed by atoms with van der Waals surface area (Å²) in [7, 11) is 0. The summed E-state index contributed by atoms with van der Waals surface area (Å²) in [6, 6.07) is -0.608. The van der Waals surface area contributed by atoms with Gasteiger partial charge in [-0.3, -0.25) is 0 Å². The summed E-state index contributed by atoms with van der Waals surface area (Å²) in [5.74, 6) is -0.911. The predicted molar refractivity (Wildman–Crippen MR) is 32.8 cm³/mol. The molecule has 0 spiro atoms.